The summed E-state index contributed by atoms with van der Waals surface area (Å²) in [6.45, 7) is 1.60. The van der Waals surface area contributed by atoms with Crippen LogP contribution < -0.4 is 31.9 Å². The number of rotatable bonds is 2. The average molecular weight is 328 g/mol. The maximum absolute atomic E-state index is 11.6. The summed E-state index contributed by atoms with van der Waals surface area (Å²) in [5, 5.41) is 11.6. The van der Waals surface area contributed by atoms with Gasteiger partial charge >= 0.3 is 26.8 Å². The van der Waals surface area contributed by atoms with Gasteiger partial charge in [-0.2, -0.15) is 0 Å². The molecule has 1 N–H and O–H groups in total. The Bertz CT molecular complexity index is 552. The number of H-pyrrole nitrogens is 1. The minimum atomic E-state index is -0.746. The van der Waals surface area contributed by atoms with Crippen molar-refractivity contribution < 1.29 is 26.3 Å². The van der Waals surface area contributed by atoms with Gasteiger partial charge in [0.1, 0.15) is 5.82 Å². The van der Waals surface area contributed by atoms with Crippen LogP contribution in [0.5, 0.6) is 5.88 Å². The van der Waals surface area contributed by atoms with Gasteiger partial charge in [-0.05, 0) is 19.1 Å². The number of aryl methyl sites for hydroxylation is 1. The van der Waals surface area contributed by atoms with Crippen molar-refractivity contribution in [1.82, 2.24) is 9.97 Å². The molecule has 0 bridgehead atoms. The first-order valence-corrected chi connectivity index (χ1v) is 6.80. The standard InChI is InChI=1S/C11H9IN2O2/c1-7-13-10(15)9(11(16)14-7)12-8-5-3-2-4-6-8/h2-6H,1H3,(H-,13,14,15,16). The van der Waals surface area contributed by atoms with Gasteiger partial charge in [-0.1, -0.05) is 18.2 Å². The van der Waals surface area contributed by atoms with Gasteiger partial charge in [0, 0.05) is 0 Å². The van der Waals surface area contributed by atoms with E-state index in [9.17, 15) is 9.90 Å². The molecule has 0 amide bonds. The molecule has 0 aliphatic carbocycles. The molecule has 0 spiro atoms. The van der Waals surface area contributed by atoms with Crippen molar-refractivity contribution in [2.45, 2.75) is 6.92 Å². The van der Waals surface area contributed by atoms with E-state index < -0.39 is 27.1 Å². The predicted molar refractivity (Wildman–Crippen MR) is 52.9 cm³/mol. The maximum Gasteiger partial charge on any atom is 0.365 e. The Labute approximate surface area is 103 Å². The van der Waals surface area contributed by atoms with Crippen molar-refractivity contribution in [3.63, 3.8) is 0 Å². The molecule has 0 aliphatic heterocycles. The normalized spacial score (nSPS) is 10.3. The first-order chi connectivity index (χ1) is 7.66. The van der Waals surface area contributed by atoms with Crippen LogP contribution in [0, 0.1) is 14.1 Å². The Morgan fingerprint density at radius 3 is 2.62 bits per heavy atom. The fourth-order valence-corrected chi connectivity index (χ4v) is 3.34. The maximum atomic E-state index is 11.6. The van der Waals surface area contributed by atoms with Crippen LogP contribution in [0.2, 0.25) is 0 Å². The summed E-state index contributed by atoms with van der Waals surface area (Å²) >= 11 is -0.746. The zero-order valence-electron chi connectivity index (χ0n) is 8.53. The molecular weight excluding hydrogens is 319 g/mol. The van der Waals surface area contributed by atoms with Crippen molar-refractivity contribution in [1.29, 1.82) is 0 Å². The van der Waals surface area contributed by atoms with Gasteiger partial charge in [-0.25, -0.2) is 4.98 Å². The van der Waals surface area contributed by atoms with Gasteiger partial charge in [0.05, 0.1) is 5.88 Å². The van der Waals surface area contributed by atoms with Crippen molar-refractivity contribution in [3.05, 3.63) is 53.7 Å². The van der Waals surface area contributed by atoms with Crippen LogP contribution in [-0.4, -0.2) is 9.97 Å². The highest BCUT2D eigenvalue weighted by molar-refractivity contribution is 5.05. The molecule has 5 heteroatoms. The first-order valence-electron chi connectivity index (χ1n) is 4.64. The molecule has 16 heavy (non-hydrogen) atoms. The molecule has 0 fully saturated rings. The molecule has 0 aliphatic rings. The van der Waals surface area contributed by atoms with E-state index in [0.29, 0.717) is 9.39 Å². The molecule has 1 aromatic carbocycles. The van der Waals surface area contributed by atoms with E-state index in [1.165, 1.54) is 0 Å². The quantitative estimate of drug-likeness (QED) is 0.609. The Balaban J connectivity index is 2.39. The van der Waals surface area contributed by atoms with Crippen LogP contribution in [0.3, 0.4) is 0 Å². The van der Waals surface area contributed by atoms with Crippen LogP contribution >= 0.6 is 0 Å². The second kappa shape index (κ2) is 4.65. The third kappa shape index (κ3) is 2.41. The van der Waals surface area contributed by atoms with E-state index in [2.05, 4.69) is 9.97 Å². The molecular formula is C11H9IN2O2. The molecule has 2 rings (SSSR count). The van der Waals surface area contributed by atoms with E-state index in [0.717, 1.165) is 3.57 Å². The third-order valence-corrected chi connectivity index (χ3v) is 4.72. The zero-order chi connectivity index (χ0) is 11.5. The van der Waals surface area contributed by atoms with Crippen LogP contribution in [-0.2, 0) is 0 Å². The molecule has 4 nitrogen and oxygen atoms in total. The number of nitrogens with zero attached hydrogens (tertiary/aromatic N) is 1. The molecule has 2 aromatic rings. The number of aromatic amines is 1. The van der Waals surface area contributed by atoms with E-state index in [1.54, 1.807) is 6.92 Å². The molecule has 1 aromatic heterocycles. The van der Waals surface area contributed by atoms with E-state index >= 15 is 0 Å². The largest absolute Gasteiger partial charge is 0.855 e. The van der Waals surface area contributed by atoms with Gasteiger partial charge in [-0.3, -0.25) is 4.79 Å². The van der Waals surface area contributed by atoms with E-state index in [4.69, 9.17) is 0 Å². The van der Waals surface area contributed by atoms with Crippen LogP contribution in [0.1, 0.15) is 5.82 Å². The lowest BCUT2D eigenvalue weighted by Crippen LogP contribution is -3.62. The fraction of sp³-hybridized carbons (Fsp3) is 0.0909. The number of hydrogen-bond acceptors (Lipinski definition) is 3. The Morgan fingerprint density at radius 1 is 1.31 bits per heavy atom. The third-order valence-electron chi connectivity index (χ3n) is 1.89. The minimum absolute atomic E-state index is 0.297. The van der Waals surface area contributed by atoms with Crippen molar-refractivity contribution in [2.75, 3.05) is 0 Å². The monoisotopic (exact) mass is 328 g/mol. The van der Waals surface area contributed by atoms with Gasteiger partial charge in [0.25, 0.3) is 3.57 Å². The second-order valence-electron chi connectivity index (χ2n) is 3.16. The molecule has 0 saturated heterocycles. The number of benzene rings is 1. The van der Waals surface area contributed by atoms with E-state index in [1.807, 2.05) is 30.3 Å². The van der Waals surface area contributed by atoms with Crippen molar-refractivity contribution in [2.24, 2.45) is 0 Å². The summed E-state index contributed by atoms with van der Waals surface area (Å²) < 4.78 is 1.34. The number of nitrogens with one attached hydrogen (secondary N) is 1. The number of halogens is 1. The number of hydrogen-bond donors (Lipinski definition) is 1. The summed E-state index contributed by atoms with van der Waals surface area (Å²) in [5.41, 5.74) is -0.297. The van der Waals surface area contributed by atoms with Gasteiger partial charge in [0.15, 0.2) is 3.57 Å². The van der Waals surface area contributed by atoms with Crippen LogP contribution in [0.15, 0.2) is 35.1 Å². The van der Waals surface area contributed by atoms with Gasteiger partial charge < -0.3 is 10.1 Å². The fourth-order valence-electron chi connectivity index (χ4n) is 1.22. The van der Waals surface area contributed by atoms with Crippen LogP contribution in [0.25, 0.3) is 0 Å². The summed E-state index contributed by atoms with van der Waals surface area (Å²) in [5.74, 6) is -0.0197. The summed E-state index contributed by atoms with van der Waals surface area (Å²) in [6.07, 6.45) is 0. The molecule has 0 unspecified atom stereocenters. The topological polar surface area (TPSA) is 68.8 Å². The first kappa shape index (κ1) is 11.1. The minimum Gasteiger partial charge on any atom is -0.855 e. The van der Waals surface area contributed by atoms with Crippen molar-refractivity contribution >= 4 is 0 Å². The van der Waals surface area contributed by atoms with Gasteiger partial charge in [-0.15, -0.1) is 0 Å². The lowest BCUT2D eigenvalue weighted by Gasteiger charge is -2.02. The highest BCUT2D eigenvalue weighted by Gasteiger charge is 2.21. The average Bonchev–Trinajstić information content (AvgIpc) is 2.25. The number of aromatic nitrogens is 2. The smallest absolute Gasteiger partial charge is 0.365 e. The highest BCUT2D eigenvalue weighted by Crippen LogP contribution is 1.92. The SMILES string of the molecule is Cc1nc([O-])c([I+]c2ccccc2)c(=O)[nH]1. The van der Waals surface area contributed by atoms with Crippen molar-refractivity contribution in [3.8, 4) is 5.88 Å². The molecule has 0 atom stereocenters. The zero-order valence-corrected chi connectivity index (χ0v) is 10.7. The summed E-state index contributed by atoms with van der Waals surface area (Å²) in [6, 6.07) is 9.55. The lowest BCUT2D eigenvalue weighted by atomic mass is 10.4. The second-order valence-corrected chi connectivity index (χ2v) is 6.02. The molecule has 0 radical (unpaired) electrons. The van der Waals surface area contributed by atoms with E-state index in [-0.39, 0.29) is 5.56 Å². The van der Waals surface area contributed by atoms with Crippen LogP contribution in [0.4, 0.5) is 0 Å². The Hall–Kier alpha value is -1.37. The predicted octanol–water partition coefficient (Wildman–Crippen LogP) is -2.72. The van der Waals surface area contributed by atoms with Gasteiger partial charge in [0.2, 0.25) is 0 Å². The lowest BCUT2D eigenvalue weighted by molar-refractivity contribution is -0.606. The summed E-state index contributed by atoms with van der Waals surface area (Å²) in [4.78, 5) is 17.9. The Morgan fingerprint density at radius 2 is 2.00 bits per heavy atom. The highest BCUT2D eigenvalue weighted by atomic mass is 127. The molecule has 1 heterocycles. The molecule has 82 valence electrons. The molecule has 0 saturated carbocycles. The Kier molecular flexibility index (Phi) is 3.23. The summed E-state index contributed by atoms with van der Waals surface area (Å²) in [7, 11) is 0.